The molecule has 2 N–H and O–H groups in total. The summed E-state index contributed by atoms with van der Waals surface area (Å²) < 4.78 is 5.13. The third kappa shape index (κ3) is 4.63. The Morgan fingerprint density at radius 2 is 2.10 bits per heavy atom. The Bertz CT molecular complexity index is 471. The molecular weight excluding hydrogens is 268 g/mol. The molecule has 0 spiro atoms. The number of phenols is 1. The number of ether oxygens (including phenoxy) is 1. The Labute approximate surface area is 125 Å². The zero-order valence-corrected chi connectivity index (χ0v) is 12.6. The molecule has 0 radical (unpaired) electrons. The van der Waals surface area contributed by atoms with Crippen LogP contribution in [-0.4, -0.2) is 42.7 Å². The van der Waals surface area contributed by atoms with Crippen molar-refractivity contribution >= 4 is 5.91 Å². The molecular formula is C16H24N2O3. The quantitative estimate of drug-likeness (QED) is 0.786. The number of piperidine rings is 1. The number of amides is 1. The zero-order chi connectivity index (χ0) is 15.1. The van der Waals surface area contributed by atoms with Gasteiger partial charge in [-0.1, -0.05) is 0 Å². The molecule has 1 aromatic rings. The summed E-state index contributed by atoms with van der Waals surface area (Å²) in [6, 6.07) is 5.14. The summed E-state index contributed by atoms with van der Waals surface area (Å²) in [6.07, 6.45) is 3.98. The van der Waals surface area contributed by atoms with E-state index in [4.69, 9.17) is 4.74 Å². The van der Waals surface area contributed by atoms with Crippen LogP contribution in [0.25, 0.3) is 0 Å². The number of nitrogens with one attached hydrogen (secondary N) is 1. The van der Waals surface area contributed by atoms with Crippen molar-refractivity contribution in [3.63, 3.8) is 0 Å². The number of nitrogens with zero attached hydrogens (tertiary/aromatic N) is 1. The minimum atomic E-state index is 0.220. The van der Waals surface area contributed by atoms with Crippen LogP contribution in [0.5, 0.6) is 11.5 Å². The molecule has 0 aliphatic carbocycles. The molecule has 1 aliphatic heterocycles. The third-order valence-electron chi connectivity index (χ3n) is 3.83. The summed E-state index contributed by atoms with van der Waals surface area (Å²) in [4.78, 5) is 13.9. The minimum Gasteiger partial charge on any atom is -0.508 e. The molecule has 21 heavy (non-hydrogen) atoms. The Kier molecular flexibility index (Phi) is 5.87. The number of hydrogen-bond acceptors (Lipinski definition) is 4. The first-order chi connectivity index (χ1) is 10.2. The number of hydrogen-bond donors (Lipinski definition) is 2. The van der Waals surface area contributed by atoms with E-state index in [0.717, 1.165) is 31.5 Å². The highest BCUT2D eigenvalue weighted by molar-refractivity contribution is 5.76. The Morgan fingerprint density at radius 1 is 1.33 bits per heavy atom. The molecule has 1 fully saturated rings. The minimum absolute atomic E-state index is 0.220. The van der Waals surface area contributed by atoms with Crippen LogP contribution in [0.3, 0.4) is 0 Å². The Hall–Kier alpha value is -1.75. The molecule has 0 bridgehead atoms. The van der Waals surface area contributed by atoms with Crippen molar-refractivity contribution in [1.82, 2.24) is 10.2 Å². The van der Waals surface area contributed by atoms with Gasteiger partial charge in [0.2, 0.25) is 5.91 Å². The highest BCUT2D eigenvalue weighted by Crippen LogP contribution is 2.22. The molecule has 1 amide bonds. The normalized spacial score (nSPS) is 15.0. The van der Waals surface area contributed by atoms with E-state index in [-0.39, 0.29) is 11.7 Å². The standard InChI is InChI=1S/C16H24N2O3/c1-21-14-5-6-15(19)13(11-14)12-17-8-7-16(20)18-9-3-2-4-10-18/h5-6,11,17,19H,2-4,7-10,12H2,1H3. The highest BCUT2D eigenvalue weighted by atomic mass is 16.5. The van der Waals surface area contributed by atoms with Crippen LogP contribution in [-0.2, 0) is 11.3 Å². The lowest BCUT2D eigenvalue weighted by Gasteiger charge is -2.26. The average molecular weight is 292 g/mol. The largest absolute Gasteiger partial charge is 0.508 e. The molecule has 0 aromatic heterocycles. The molecule has 0 unspecified atom stereocenters. The molecule has 116 valence electrons. The van der Waals surface area contributed by atoms with Crippen molar-refractivity contribution in [3.05, 3.63) is 23.8 Å². The van der Waals surface area contributed by atoms with Crippen LogP contribution in [0, 0.1) is 0 Å². The molecule has 1 aliphatic rings. The van der Waals surface area contributed by atoms with Gasteiger partial charge in [0, 0.05) is 38.2 Å². The molecule has 0 saturated carbocycles. The fourth-order valence-electron chi connectivity index (χ4n) is 2.55. The predicted molar refractivity (Wildman–Crippen MR) is 81.4 cm³/mol. The fourth-order valence-corrected chi connectivity index (χ4v) is 2.55. The second kappa shape index (κ2) is 7.88. The number of carbonyl (C=O) groups excluding carboxylic acids is 1. The maximum absolute atomic E-state index is 12.0. The topological polar surface area (TPSA) is 61.8 Å². The Morgan fingerprint density at radius 3 is 2.81 bits per heavy atom. The van der Waals surface area contributed by atoms with Gasteiger partial charge in [0.15, 0.2) is 0 Å². The first-order valence-electron chi connectivity index (χ1n) is 7.55. The second-order valence-corrected chi connectivity index (χ2v) is 5.36. The van der Waals surface area contributed by atoms with Crippen molar-refractivity contribution in [1.29, 1.82) is 0 Å². The van der Waals surface area contributed by atoms with Crippen molar-refractivity contribution in [2.45, 2.75) is 32.2 Å². The van der Waals surface area contributed by atoms with Crippen molar-refractivity contribution in [2.24, 2.45) is 0 Å². The first-order valence-corrected chi connectivity index (χ1v) is 7.55. The molecule has 5 heteroatoms. The lowest BCUT2D eigenvalue weighted by Crippen LogP contribution is -2.37. The average Bonchev–Trinajstić information content (AvgIpc) is 2.53. The van der Waals surface area contributed by atoms with E-state index < -0.39 is 0 Å². The fraction of sp³-hybridized carbons (Fsp3) is 0.562. The summed E-state index contributed by atoms with van der Waals surface area (Å²) in [6.45, 7) is 2.94. The van der Waals surface area contributed by atoms with Gasteiger partial charge in [-0.2, -0.15) is 0 Å². The zero-order valence-electron chi connectivity index (χ0n) is 12.6. The van der Waals surface area contributed by atoms with Crippen LogP contribution in [0.1, 0.15) is 31.2 Å². The van der Waals surface area contributed by atoms with E-state index in [1.165, 1.54) is 6.42 Å². The van der Waals surface area contributed by atoms with Gasteiger partial charge in [-0.05, 0) is 37.5 Å². The van der Waals surface area contributed by atoms with Gasteiger partial charge >= 0.3 is 0 Å². The smallest absolute Gasteiger partial charge is 0.223 e. The number of likely N-dealkylation sites (tertiary alicyclic amines) is 1. The summed E-state index contributed by atoms with van der Waals surface area (Å²) in [7, 11) is 1.60. The SMILES string of the molecule is COc1ccc(O)c(CNCCC(=O)N2CCCCC2)c1. The highest BCUT2D eigenvalue weighted by Gasteiger charge is 2.15. The summed E-state index contributed by atoms with van der Waals surface area (Å²) in [5, 5.41) is 13.0. The van der Waals surface area contributed by atoms with E-state index in [1.807, 2.05) is 4.90 Å². The summed E-state index contributed by atoms with van der Waals surface area (Å²) >= 11 is 0. The molecule has 5 nitrogen and oxygen atoms in total. The van der Waals surface area contributed by atoms with E-state index in [1.54, 1.807) is 25.3 Å². The van der Waals surface area contributed by atoms with Crippen molar-refractivity contribution in [2.75, 3.05) is 26.7 Å². The monoisotopic (exact) mass is 292 g/mol. The van der Waals surface area contributed by atoms with Crippen LogP contribution in [0.15, 0.2) is 18.2 Å². The van der Waals surface area contributed by atoms with E-state index in [9.17, 15) is 9.90 Å². The molecule has 1 aromatic carbocycles. The van der Waals surface area contributed by atoms with E-state index >= 15 is 0 Å². The number of carbonyl (C=O) groups is 1. The number of rotatable bonds is 6. The van der Waals surface area contributed by atoms with Gasteiger partial charge in [-0.25, -0.2) is 0 Å². The van der Waals surface area contributed by atoms with E-state index in [2.05, 4.69) is 5.32 Å². The number of aromatic hydroxyl groups is 1. The number of benzene rings is 1. The van der Waals surface area contributed by atoms with Gasteiger partial charge in [0.1, 0.15) is 11.5 Å². The third-order valence-corrected chi connectivity index (χ3v) is 3.83. The lowest BCUT2D eigenvalue weighted by molar-refractivity contribution is -0.131. The van der Waals surface area contributed by atoms with Gasteiger partial charge < -0.3 is 20.1 Å². The summed E-state index contributed by atoms with van der Waals surface area (Å²) in [5.41, 5.74) is 0.778. The van der Waals surface area contributed by atoms with Crippen molar-refractivity contribution in [3.8, 4) is 11.5 Å². The van der Waals surface area contributed by atoms with Gasteiger partial charge in [0.05, 0.1) is 7.11 Å². The van der Waals surface area contributed by atoms with Crippen LogP contribution in [0.2, 0.25) is 0 Å². The first kappa shape index (κ1) is 15.6. The number of phenolic OH excluding ortho intramolecular Hbond substituents is 1. The maximum Gasteiger partial charge on any atom is 0.223 e. The molecule has 1 saturated heterocycles. The van der Waals surface area contributed by atoms with Crippen LogP contribution in [0.4, 0.5) is 0 Å². The molecule has 2 rings (SSSR count). The van der Waals surface area contributed by atoms with Crippen molar-refractivity contribution < 1.29 is 14.6 Å². The Balaban J connectivity index is 1.73. The number of methoxy groups -OCH3 is 1. The van der Waals surface area contributed by atoms with E-state index in [0.29, 0.717) is 25.3 Å². The molecule has 0 atom stereocenters. The maximum atomic E-state index is 12.0. The van der Waals surface area contributed by atoms with Gasteiger partial charge in [-0.15, -0.1) is 0 Å². The van der Waals surface area contributed by atoms with Gasteiger partial charge in [-0.3, -0.25) is 4.79 Å². The molecule has 1 heterocycles. The lowest BCUT2D eigenvalue weighted by atomic mass is 10.1. The van der Waals surface area contributed by atoms with Crippen LogP contribution >= 0.6 is 0 Å². The predicted octanol–water partition coefficient (Wildman–Crippen LogP) is 1.89. The summed E-state index contributed by atoms with van der Waals surface area (Å²) in [5.74, 6) is 1.18. The van der Waals surface area contributed by atoms with Crippen LogP contribution < -0.4 is 10.1 Å². The van der Waals surface area contributed by atoms with Gasteiger partial charge in [0.25, 0.3) is 0 Å². The second-order valence-electron chi connectivity index (χ2n) is 5.36.